The number of ether oxygens (including phenoxy) is 3. The standard InChI is InChI=1S/C22H26N2O6S/c1-6-24(7-2)21(26)18-13(5)17(22(27)30-12(3)4)20(31-18)23-19(25)14-8-9-15-16(10-14)29-11-28-15/h8-10,12H,6-7,11H2,1-5H3,(H,23,25). The van der Waals surface area contributed by atoms with Crippen LogP contribution in [0.3, 0.4) is 0 Å². The second-order valence-electron chi connectivity index (χ2n) is 7.21. The van der Waals surface area contributed by atoms with Crippen LogP contribution in [0.25, 0.3) is 0 Å². The molecule has 0 radical (unpaired) electrons. The summed E-state index contributed by atoms with van der Waals surface area (Å²) in [5.74, 6) is -0.151. The Balaban J connectivity index is 1.97. The van der Waals surface area contributed by atoms with Crippen molar-refractivity contribution in [2.24, 2.45) is 0 Å². The number of carbonyl (C=O) groups excluding carboxylic acids is 3. The molecule has 0 bridgehead atoms. The Hall–Kier alpha value is -3.07. The van der Waals surface area contributed by atoms with Gasteiger partial charge in [-0.3, -0.25) is 9.59 Å². The molecular formula is C22H26N2O6S. The first-order chi connectivity index (χ1) is 14.8. The van der Waals surface area contributed by atoms with Gasteiger partial charge in [0, 0.05) is 18.7 Å². The lowest BCUT2D eigenvalue weighted by molar-refractivity contribution is 0.0379. The number of carbonyl (C=O) groups is 3. The maximum absolute atomic E-state index is 13.0. The highest BCUT2D eigenvalue weighted by Gasteiger charge is 2.29. The van der Waals surface area contributed by atoms with Crippen molar-refractivity contribution in [2.45, 2.75) is 40.7 Å². The van der Waals surface area contributed by atoms with Gasteiger partial charge in [-0.25, -0.2) is 4.79 Å². The van der Waals surface area contributed by atoms with Crippen LogP contribution in [0.5, 0.6) is 11.5 Å². The minimum Gasteiger partial charge on any atom is -0.459 e. The first-order valence-electron chi connectivity index (χ1n) is 10.1. The molecule has 31 heavy (non-hydrogen) atoms. The molecule has 1 aromatic heterocycles. The number of anilines is 1. The minimum absolute atomic E-state index is 0.104. The van der Waals surface area contributed by atoms with Gasteiger partial charge in [-0.05, 0) is 58.4 Å². The lowest BCUT2D eigenvalue weighted by Crippen LogP contribution is -2.30. The fourth-order valence-corrected chi connectivity index (χ4v) is 4.35. The molecular weight excluding hydrogens is 420 g/mol. The van der Waals surface area contributed by atoms with E-state index in [9.17, 15) is 14.4 Å². The molecule has 1 aliphatic rings. The van der Waals surface area contributed by atoms with Crippen molar-refractivity contribution in [2.75, 3.05) is 25.2 Å². The van der Waals surface area contributed by atoms with Gasteiger partial charge in [0.05, 0.1) is 16.5 Å². The molecule has 0 atom stereocenters. The summed E-state index contributed by atoms with van der Waals surface area (Å²) in [7, 11) is 0. The lowest BCUT2D eigenvalue weighted by Gasteiger charge is -2.18. The number of fused-ring (bicyclic) bond motifs is 1. The summed E-state index contributed by atoms with van der Waals surface area (Å²) < 4.78 is 16.0. The molecule has 166 valence electrons. The Morgan fingerprint density at radius 1 is 1.16 bits per heavy atom. The number of hydrogen-bond acceptors (Lipinski definition) is 7. The second-order valence-corrected chi connectivity index (χ2v) is 8.23. The van der Waals surface area contributed by atoms with Crippen LogP contribution in [-0.2, 0) is 4.74 Å². The van der Waals surface area contributed by atoms with E-state index in [1.807, 2.05) is 13.8 Å². The fraction of sp³-hybridized carbons (Fsp3) is 0.409. The average Bonchev–Trinajstić information content (AvgIpc) is 3.31. The van der Waals surface area contributed by atoms with Gasteiger partial charge in [-0.15, -0.1) is 11.3 Å². The number of esters is 1. The van der Waals surface area contributed by atoms with Crippen LogP contribution in [0, 0.1) is 6.92 Å². The summed E-state index contributed by atoms with van der Waals surface area (Å²) >= 11 is 1.08. The highest BCUT2D eigenvalue weighted by atomic mass is 32.1. The van der Waals surface area contributed by atoms with E-state index in [2.05, 4.69) is 5.32 Å². The molecule has 0 unspecified atom stereocenters. The molecule has 2 amide bonds. The van der Waals surface area contributed by atoms with E-state index in [4.69, 9.17) is 14.2 Å². The maximum atomic E-state index is 13.0. The van der Waals surface area contributed by atoms with Crippen molar-refractivity contribution >= 4 is 34.1 Å². The van der Waals surface area contributed by atoms with E-state index >= 15 is 0 Å². The molecule has 8 nitrogen and oxygen atoms in total. The van der Waals surface area contributed by atoms with Crippen LogP contribution >= 0.6 is 11.3 Å². The van der Waals surface area contributed by atoms with Crippen LogP contribution in [0.1, 0.15) is 63.6 Å². The third kappa shape index (κ3) is 4.66. The highest BCUT2D eigenvalue weighted by Crippen LogP contribution is 2.36. The van der Waals surface area contributed by atoms with Crippen molar-refractivity contribution < 1.29 is 28.6 Å². The van der Waals surface area contributed by atoms with Gasteiger partial charge in [0.1, 0.15) is 5.00 Å². The third-order valence-corrected chi connectivity index (χ3v) is 6.00. The summed E-state index contributed by atoms with van der Waals surface area (Å²) in [5, 5.41) is 3.05. The number of rotatable bonds is 7. The number of nitrogens with zero attached hydrogens (tertiary/aromatic N) is 1. The van der Waals surface area contributed by atoms with Crippen LogP contribution in [0.2, 0.25) is 0 Å². The molecule has 1 N–H and O–H groups in total. The van der Waals surface area contributed by atoms with Gasteiger partial charge in [0.15, 0.2) is 11.5 Å². The van der Waals surface area contributed by atoms with Gasteiger partial charge in [0.25, 0.3) is 11.8 Å². The number of thiophene rings is 1. The normalized spacial score (nSPS) is 12.1. The van der Waals surface area contributed by atoms with Crippen molar-refractivity contribution in [1.29, 1.82) is 0 Å². The molecule has 0 spiro atoms. The van der Waals surface area contributed by atoms with Crippen LogP contribution in [0.15, 0.2) is 18.2 Å². The fourth-order valence-electron chi connectivity index (χ4n) is 3.19. The zero-order valence-electron chi connectivity index (χ0n) is 18.2. The Morgan fingerprint density at radius 2 is 1.84 bits per heavy atom. The van der Waals surface area contributed by atoms with Crippen molar-refractivity contribution in [3.05, 3.63) is 39.8 Å². The Kier molecular flexibility index (Phi) is 6.84. The molecule has 0 saturated carbocycles. The van der Waals surface area contributed by atoms with Crippen LogP contribution < -0.4 is 14.8 Å². The van der Waals surface area contributed by atoms with Crippen molar-refractivity contribution in [3.63, 3.8) is 0 Å². The number of benzene rings is 1. The van der Waals surface area contributed by atoms with Crippen LogP contribution in [-0.4, -0.2) is 48.7 Å². The van der Waals surface area contributed by atoms with Gasteiger partial charge in [-0.1, -0.05) is 0 Å². The van der Waals surface area contributed by atoms with Gasteiger partial charge in [0.2, 0.25) is 6.79 Å². The van der Waals surface area contributed by atoms with E-state index in [0.717, 1.165) is 11.3 Å². The molecule has 0 fully saturated rings. The predicted molar refractivity (Wildman–Crippen MR) is 117 cm³/mol. The molecule has 2 aromatic rings. The molecule has 1 aliphatic heterocycles. The summed E-state index contributed by atoms with van der Waals surface area (Å²) in [6.07, 6.45) is -0.342. The number of nitrogens with one attached hydrogen (secondary N) is 1. The average molecular weight is 447 g/mol. The van der Waals surface area contributed by atoms with Crippen molar-refractivity contribution in [3.8, 4) is 11.5 Å². The molecule has 1 aromatic carbocycles. The van der Waals surface area contributed by atoms with Gasteiger partial charge >= 0.3 is 5.97 Å². The molecule has 9 heteroatoms. The summed E-state index contributed by atoms with van der Waals surface area (Å²) in [6.45, 7) is 10.1. The summed E-state index contributed by atoms with van der Waals surface area (Å²) in [4.78, 5) is 40.7. The first kappa shape index (κ1) is 22.6. The smallest absolute Gasteiger partial charge is 0.341 e. The van der Waals surface area contributed by atoms with E-state index < -0.39 is 11.9 Å². The number of hydrogen-bond donors (Lipinski definition) is 1. The van der Waals surface area contributed by atoms with E-state index in [1.165, 1.54) is 0 Å². The SMILES string of the molecule is CCN(CC)C(=O)c1sc(NC(=O)c2ccc3c(c2)OCO3)c(C(=O)OC(C)C)c1C. The third-order valence-electron chi connectivity index (χ3n) is 4.80. The predicted octanol–water partition coefficient (Wildman–Crippen LogP) is 4.08. The molecule has 3 rings (SSSR count). The number of amides is 2. The Bertz CT molecular complexity index is 1010. The largest absolute Gasteiger partial charge is 0.459 e. The molecule has 0 saturated heterocycles. The van der Waals surface area contributed by atoms with Gasteiger partial charge < -0.3 is 24.4 Å². The zero-order valence-corrected chi connectivity index (χ0v) is 19.1. The van der Waals surface area contributed by atoms with E-state index in [0.29, 0.717) is 40.6 Å². The van der Waals surface area contributed by atoms with E-state index in [1.54, 1.807) is 43.9 Å². The summed E-state index contributed by atoms with van der Waals surface area (Å²) in [5.41, 5.74) is 1.03. The van der Waals surface area contributed by atoms with Gasteiger partial charge in [-0.2, -0.15) is 0 Å². The topological polar surface area (TPSA) is 94.2 Å². The van der Waals surface area contributed by atoms with Crippen LogP contribution in [0.4, 0.5) is 5.00 Å². The highest BCUT2D eigenvalue weighted by molar-refractivity contribution is 7.18. The van der Waals surface area contributed by atoms with Crippen molar-refractivity contribution in [1.82, 2.24) is 4.90 Å². The molecule has 0 aliphatic carbocycles. The quantitative estimate of drug-likeness (QED) is 0.644. The monoisotopic (exact) mass is 446 g/mol. The van der Waals surface area contributed by atoms with E-state index in [-0.39, 0.29) is 29.4 Å². The Morgan fingerprint density at radius 3 is 2.48 bits per heavy atom. The minimum atomic E-state index is -0.580. The maximum Gasteiger partial charge on any atom is 0.341 e. The Labute approximate surface area is 185 Å². The molecule has 2 heterocycles. The first-order valence-corrected chi connectivity index (χ1v) is 10.9. The summed E-state index contributed by atoms with van der Waals surface area (Å²) in [6, 6.07) is 4.84. The second kappa shape index (κ2) is 9.38. The lowest BCUT2D eigenvalue weighted by atomic mass is 10.1. The zero-order chi connectivity index (χ0) is 22.7.